The zero-order chi connectivity index (χ0) is 44.0. The van der Waals surface area contributed by atoms with Crippen LogP contribution in [0.5, 0.6) is 0 Å². The lowest BCUT2D eigenvalue weighted by Gasteiger charge is -2.71. The van der Waals surface area contributed by atoms with Crippen LogP contribution in [0.4, 0.5) is 11.4 Å². The Morgan fingerprint density at radius 2 is 1.18 bits per heavy atom. The van der Waals surface area contributed by atoms with Crippen LogP contribution in [0.15, 0.2) is 53.3 Å². The molecule has 10 unspecified atom stereocenters. The number of aryl methyl sites for hydroxylation is 1. The van der Waals surface area contributed by atoms with Crippen LogP contribution in [0.2, 0.25) is 0 Å². The Balaban J connectivity index is 0.790. The fourth-order valence-corrected chi connectivity index (χ4v) is 20.4. The maximum atomic E-state index is 14.6. The van der Waals surface area contributed by atoms with Crippen molar-refractivity contribution in [1.82, 2.24) is 14.3 Å². The van der Waals surface area contributed by atoms with Gasteiger partial charge in [-0.3, -0.25) is 34.3 Å². The van der Waals surface area contributed by atoms with Crippen molar-refractivity contribution in [2.24, 2.45) is 94.7 Å². The maximum absolute atomic E-state index is 14.6. The topological polar surface area (TPSA) is 124 Å². The number of likely N-dealkylation sites (tertiary alicyclic amines) is 1. The van der Waals surface area contributed by atoms with Gasteiger partial charge in [0.2, 0.25) is 0 Å². The van der Waals surface area contributed by atoms with Gasteiger partial charge in [-0.1, -0.05) is 49.9 Å². The number of hydrogen-bond acceptors (Lipinski definition) is 7. The molecule has 1 aliphatic heterocycles. The zero-order valence-electron chi connectivity index (χ0n) is 38.2. The summed E-state index contributed by atoms with van der Waals surface area (Å²) in [4.78, 5) is 47.4. The summed E-state index contributed by atoms with van der Waals surface area (Å²) in [6.45, 7) is 4.19. The van der Waals surface area contributed by atoms with E-state index in [4.69, 9.17) is 4.98 Å². The Bertz CT molecular complexity index is 3080. The third kappa shape index (κ3) is 5.13. The Morgan fingerprint density at radius 3 is 1.80 bits per heavy atom. The van der Waals surface area contributed by atoms with E-state index in [2.05, 4.69) is 4.90 Å². The number of nitro benzene ring substituents is 2. The summed E-state index contributed by atoms with van der Waals surface area (Å²) >= 11 is 0. The molecule has 0 radical (unpaired) electrons. The zero-order valence-corrected chi connectivity index (χ0v) is 38.2. The second kappa shape index (κ2) is 13.9. The number of hydrogen-bond donors (Lipinski definition) is 0. The molecule has 10 heteroatoms. The lowest BCUT2D eigenvalue weighted by Crippen LogP contribution is -2.66. The highest BCUT2D eigenvalue weighted by Gasteiger charge is 2.67. The SMILES string of the molecule is Cc1ccc2c3c1cccc3c(=O)n1c3cc([N+](=O)[O-])cc4c(CN5CC6CCC7C8CCC9C%10CCCC%11CCCC(C%12CCC(C%13CCC(C5)C6C7%13)C8C9%12)C%11%10)c([N+](=O)[O-])cc(nc21)c43. The van der Waals surface area contributed by atoms with Crippen molar-refractivity contribution in [3.8, 4) is 0 Å². The van der Waals surface area contributed by atoms with Crippen LogP contribution >= 0.6 is 0 Å². The Hall–Kier alpha value is -4.70. The molecule has 0 spiro atoms. The average Bonchev–Trinajstić information content (AvgIpc) is 3.33. The highest BCUT2D eigenvalue weighted by molar-refractivity contribution is 6.18. The van der Waals surface area contributed by atoms with Crippen molar-refractivity contribution in [2.45, 2.75) is 103 Å². The van der Waals surface area contributed by atoms with Crippen LogP contribution in [-0.2, 0) is 6.54 Å². The molecule has 6 aromatic rings. The van der Waals surface area contributed by atoms with Crippen molar-refractivity contribution in [3.05, 3.63) is 90.2 Å². The molecule has 340 valence electrons. The molecule has 9 aliphatic rings. The van der Waals surface area contributed by atoms with Crippen LogP contribution in [0, 0.1) is 122 Å². The Morgan fingerprint density at radius 1 is 0.591 bits per heavy atom. The molecule has 1 saturated heterocycles. The van der Waals surface area contributed by atoms with E-state index in [1.165, 1.54) is 106 Å². The molecular formula is C56H61N5O5. The third-order valence-electron chi connectivity index (χ3n) is 22.0. The maximum Gasteiger partial charge on any atom is 0.276 e. The molecule has 2 aromatic heterocycles. The van der Waals surface area contributed by atoms with Gasteiger partial charge in [0, 0.05) is 64.8 Å². The largest absolute Gasteiger partial charge is 0.298 e. The van der Waals surface area contributed by atoms with Crippen LogP contribution in [0.3, 0.4) is 0 Å². The highest BCUT2D eigenvalue weighted by Crippen LogP contribution is 2.73. The monoisotopic (exact) mass is 883 g/mol. The van der Waals surface area contributed by atoms with Crippen LogP contribution in [0.1, 0.15) is 101 Å². The van der Waals surface area contributed by atoms with Gasteiger partial charge in [0.25, 0.3) is 16.9 Å². The fraction of sp³-hybridized carbons (Fsp3) is 0.607. The van der Waals surface area contributed by atoms with Gasteiger partial charge in [0.05, 0.1) is 26.4 Å². The second-order valence-corrected chi connectivity index (χ2v) is 23.9. The van der Waals surface area contributed by atoms with Crippen LogP contribution in [-0.4, -0.2) is 37.2 Å². The molecule has 3 heterocycles. The first kappa shape index (κ1) is 39.3. The van der Waals surface area contributed by atoms with Gasteiger partial charge in [-0.25, -0.2) is 4.98 Å². The minimum atomic E-state index is -0.432. The van der Waals surface area contributed by atoms with E-state index in [9.17, 15) is 25.0 Å². The number of fused-ring (bicyclic) bond motifs is 7. The molecule has 10 atom stereocenters. The minimum absolute atomic E-state index is 0.0524. The van der Waals surface area contributed by atoms with Gasteiger partial charge in [-0.15, -0.1) is 0 Å². The van der Waals surface area contributed by atoms with E-state index in [0.29, 0.717) is 56.8 Å². The predicted octanol–water partition coefficient (Wildman–Crippen LogP) is 12.1. The number of nitrogens with zero attached hydrogens (tertiary/aromatic N) is 5. The molecule has 4 aromatic carbocycles. The quantitative estimate of drug-likeness (QED) is 0.0747. The first-order valence-corrected chi connectivity index (χ1v) is 26.3. The number of benzene rings is 4. The van der Waals surface area contributed by atoms with Gasteiger partial charge in [-0.05, 0) is 183 Å². The molecular weight excluding hydrogens is 823 g/mol. The smallest absolute Gasteiger partial charge is 0.276 e. The summed E-state index contributed by atoms with van der Waals surface area (Å²) in [5.74, 6) is 14.5. The van der Waals surface area contributed by atoms with Crippen molar-refractivity contribution in [3.63, 3.8) is 0 Å². The van der Waals surface area contributed by atoms with E-state index in [0.717, 1.165) is 118 Å². The lowest BCUT2D eigenvalue weighted by atomic mass is 9.34. The number of aromatic nitrogens is 2. The summed E-state index contributed by atoms with van der Waals surface area (Å²) in [7, 11) is 0. The predicted molar refractivity (Wildman–Crippen MR) is 256 cm³/mol. The van der Waals surface area contributed by atoms with Crippen molar-refractivity contribution < 1.29 is 9.85 Å². The molecule has 0 bridgehead atoms. The Kier molecular flexibility index (Phi) is 8.31. The number of non-ortho nitro benzene ring substituents is 1. The van der Waals surface area contributed by atoms with Gasteiger partial charge < -0.3 is 0 Å². The van der Waals surface area contributed by atoms with Gasteiger partial charge in [-0.2, -0.15) is 0 Å². The molecule has 0 N–H and O–H groups in total. The summed E-state index contributed by atoms with van der Waals surface area (Å²) in [6, 6.07) is 14.2. The van der Waals surface area contributed by atoms with Crippen molar-refractivity contribution in [2.75, 3.05) is 13.1 Å². The average molecular weight is 884 g/mol. The van der Waals surface area contributed by atoms with Gasteiger partial charge >= 0.3 is 0 Å². The summed E-state index contributed by atoms with van der Waals surface area (Å²) in [5.41, 5.74) is 2.08. The number of pyridine rings is 1. The van der Waals surface area contributed by atoms with E-state index in [1.54, 1.807) is 6.07 Å². The molecule has 8 saturated carbocycles. The number of rotatable bonds is 4. The summed E-state index contributed by atoms with van der Waals surface area (Å²) in [6.07, 6.45) is 20.3. The molecule has 66 heavy (non-hydrogen) atoms. The molecule has 9 fully saturated rings. The normalized spacial score (nSPS) is 38.9. The molecule has 15 rings (SSSR count). The van der Waals surface area contributed by atoms with Gasteiger partial charge in [0.15, 0.2) is 0 Å². The second-order valence-electron chi connectivity index (χ2n) is 23.9. The third-order valence-corrected chi connectivity index (χ3v) is 22.0. The van der Waals surface area contributed by atoms with E-state index >= 15 is 0 Å². The van der Waals surface area contributed by atoms with Crippen LogP contribution < -0.4 is 5.56 Å². The number of piperidine rings is 1. The Labute approximate surface area is 384 Å². The fourth-order valence-electron chi connectivity index (χ4n) is 20.4. The molecule has 10 nitrogen and oxygen atoms in total. The highest BCUT2D eigenvalue weighted by atomic mass is 16.6. The summed E-state index contributed by atoms with van der Waals surface area (Å²) < 4.78 is 1.52. The molecule has 8 aliphatic carbocycles. The first-order chi connectivity index (χ1) is 32.2. The number of nitro groups is 2. The summed E-state index contributed by atoms with van der Waals surface area (Å²) in [5, 5.41) is 30.0. The van der Waals surface area contributed by atoms with E-state index < -0.39 is 4.92 Å². The first-order valence-electron chi connectivity index (χ1n) is 26.3. The van der Waals surface area contributed by atoms with Crippen molar-refractivity contribution >= 4 is 60.4 Å². The van der Waals surface area contributed by atoms with E-state index in [-0.39, 0.29) is 21.9 Å². The minimum Gasteiger partial charge on any atom is -0.298 e. The van der Waals surface area contributed by atoms with E-state index in [1.807, 2.05) is 37.3 Å². The van der Waals surface area contributed by atoms with Crippen molar-refractivity contribution in [1.29, 1.82) is 0 Å². The van der Waals surface area contributed by atoms with Gasteiger partial charge in [0.1, 0.15) is 5.65 Å². The lowest BCUT2D eigenvalue weighted by molar-refractivity contribution is -0.385. The van der Waals surface area contributed by atoms with Crippen LogP contribution in [0.25, 0.3) is 49.0 Å². The molecule has 0 amide bonds. The standard InChI is InChI=1S/C56H61N5O5/c1-27-11-14-41-50-32(27)7-4-10-42(50)56(62)59-47-22-31(60(63)64)21-43-44(46(61(65)66)23-45(54(43)47)57-55(41)59)26-58-24-29-12-15-35-39-19-17-37-33-8-2-5-28-6-3-9-34(49(28)33)38-18-20-40(53(39)52(37)38)36-16-13-30(25-58)48(29)51(35)36/h4,7,10-11,14,21-23,28-30,33-40,48-49,51-53H,2-3,5-6,8-9,12-13,15-20,24-26H2,1H3.